The molecular formula is C8H18N2O2. The largest absolute Gasteiger partial charge is 0.394 e. The summed E-state index contributed by atoms with van der Waals surface area (Å²) in [7, 11) is 1.74. The summed E-state index contributed by atoms with van der Waals surface area (Å²) in [5.41, 5.74) is 0. The van der Waals surface area contributed by atoms with Gasteiger partial charge >= 0.3 is 0 Å². The monoisotopic (exact) mass is 174 g/mol. The molecule has 1 amide bonds. The van der Waals surface area contributed by atoms with Gasteiger partial charge in [-0.05, 0) is 0 Å². The Bertz CT molecular complexity index is 139. The number of rotatable bonds is 1. The second kappa shape index (κ2) is 5.97. The molecule has 0 spiro atoms. The van der Waals surface area contributed by atoms with Crippen molar-refractivity contribution in [2.45, 2.75) is 19.9 Å². The zero-order valence-corrected chi connectivity index (χ0v) is 8.00. The highest BCUT2D eigenvalue weighted by Crippen LogP contribution is 1.96. The molecule has 1 saturated heterocycles. The van der Waals surface area contributed by atoms with Crippen molar-refractivity contribution in [3.05, 3.63) is 0 Å². The molecule has 2 N–H and O–H groups in total. The number of hydrogen-bond acceptors (Lipinski definition) is 3. The van der Waals surface area contributed by atoms with Gasteiger partial charge < -0.3 is 15.3 Å². The van der Waals surface area contributed by atoms with Crippen LogP contribution in [0.3, 0.4) is 0 Å². The summed E-state index contributed by atoms with van der Waals surface area (Å²) in [5.74, 6) is -0.0197. The van der Waals surface area contributed by atoms with Crippen molar-refractivity contribution in [1.82, 2.24) is 10.2 Å². The number of aliphatic hydroxyl groups excluding tert-OH is 1. The van der Waals surface area contributed by atoms with E-state index in [4.69, 9.17) is 5.11 Å². The maximum absolute atomic E-state index is 11.1. The third-order valence-electron chi connectivity index (χ3n) is 1.69. The lowest BCUT2D eigenvalue weighted by molar-refractivity contribution is -0.135. The minimum atomic E-state index is -0.376. The van der Waals surface area contributed by atoms with Crippen molar-refractivity contribution in [3.8, 4) is 0 Å². The van der Waals surface area contributed by atoms with Crippen LogP contribution in [0.2, 0.25) is 0 Å². The summed E-state index contributed by atoms with van der Waals surface area (Å²) in [6.45, 7) is 5.39. The minimum Gasteiger partial charge on any atom is -0.394 e. The molecule has 1 atom stereocenters. The van der Waals surface area contributed by atoms with Gasteiger partial charge in [-0.15, -0.1) is 0 Å². The van der Waals surface area contributed by atoms with Gasteiger partial charge in [-0.25, -0.2) is 0 Å². The van der Waals surface area contributed by atoms with Gasteiger partial charge in [0.1, 0.15) is 6.04 Å². The number of nitrogens with zero attached hydrogens (tertiary/aromatic N) is 1. The SMILES string of the molecule is CC.CN1CCNC(CO)C1=O. The van der Waals surface area contributed by atoms with Crippen molar-refractivity contribution in [2.75, 3.05) is 26.7 Å². The summed E-state index contributed by atoms with van der Waals surface area (Å²) in [4.78, 5) is 12.7. The summed E-state index contributed by atoms with van der Waals surface area (Å²) in [5, 5.41) is 11.6. The quantitative estimate of drug-likeness (QED) is 0.560. The van der Waals surface area contributed by atoms with Crippen LogP contribution in [-0.4, -0.2) is 48.7 Å². The van der Waals surface area contributed by atoms with E-state index in [9.17, 15) is 4.79 Å². The van der Waals surface area contributed by atoms with Crippen LogP contribution in [0.4, 0.5) is 0 Å². The highest BCUT2D eigenvalue weighted by molar-refractivity contribution is 5.82. The Morgan fingerprint density at radius 2 is 2.25 bits per heavy atom. The van der Waals surface area contributed by atoms with E-state index >= 15 is 0 Å². The van der Waals surface area contributed by atoms with E-state index in [0.717, 1.165) is 13.1 Å². The van der Waals surface area contributed by atoms with Crippen LogP contribution in [-0.2, 0) is 4.79 Å². The van der Waals surface area contributed by atoms with Crippen LogP contribution in [0.5, 0.6) is 0 Å². The number of aliphatic hydroxyl groups is 1. The number of amides is 1. The van der Waals surface area contributed by atoms with E-state index in [0.29, 0.717) is 0 Å². The van der Waals surface area contributed by atoms with E-state index in [2.05, 4.69) is 5.32 Å². The first kappa shape index (κ1) is 11.4. The lowest BCUT2D eigenvalue weighted by atomic mass is 10.2. The van der Waals surface area contributed by atoms with Crippen LogP contribution in [0.15, 0.2) is 0 Å². The van der Waals surface area contributed by atoms with Crippen LogP contribution in [0, 0.1) is 0 Å². The fourth-order valence-corrected chi connectivity index (χ4v) is 1.01. The molecular weight excluding hydrogens is 156 g/mol. The van der Waals surface area contributed by atoms with E-state index in [1.165, 1.54) is 0 Å². The molecule has 1 heterocycles. The highest BCUT2D eigenvalue weighted by Gasteiger charge is 2.24. The molecule has 1 aliphatic heterocycles. The predicted molar refractivity (Wildman–Crippen MR) is 47.9 cm³/mol. The van der Waals surface area contributed by atoms with Crippen molar-refractivity contribution < 1.29 is 9.90 Å². The number of carbonyl (C=O) groups excluding carboxylic acids is 1. The molecule has 0 aromatic carbocycles. The molecule has 0 saturated carbocycles. The third-order valence-corrected chi connectivity index (χ3v) is 1.69. The number of carbonyl (C=O) groups is 1. The van der Waals surface area contributed by atoms with Gasteiger partial charge in [-0.2, -0.15) is 0 Å². The average Bonchev–Trinajstić information content (AvgIpc) is 2.13. The molecule has 1 aliphatic rings. The number of piperazine rings is 1. The van der Waals surface area contributed by atoms with Gasteiger partial charge in [0.15, 0.2) is 0 Å². The van der Waals surface area contributed by atoms with Crippen LogP contribution in [0.25, 0.3) is 0 Å². The molecule has 72 valence electrons. The standard InChI is InChI=1S/C6H12N2O2.C2H6/c1-8-3-2-7-5(4-9)6(8)10;1-2/h5,7,9H,2-4H2,1H3;1-2H3. The maximum Gasteiger partial charge on any atom is 0.241 e. The number of nitrogens with one attached hydrogen (secondary N) is 1. The van der Waals surface area contributed by atoms with Crippen molar-refractivity contribution in [1.29, 1.82) is 0 Å². The zero-order chi connectivity index (χ0) is 9.56. The van der Waals surface area contributed by atoms with E-state index in [1.54, 1.807) is 11.9 Å². The maximum atomic E-state index is 11.1. The van der Waals surface area contributed by atoms with Gasteiger partial charge in [0.05, 0.1) is 6.61 Å². The lowest BCUT2D eigenvalue weighted by Crippen LogP contribution is -2.54. The van der Waals surface area contributed by atoms with Crippen molar-refractivity contribution >= 4 is 5.91 Å². The average molecular weight is 174 g/mol. The molecule has 0 aromatic rings. The second-order valence-electron chi connectivity index (χ2n) is 2.45. The van der Waals surface area contributed by atoms with Gasteiger partial charge in [0.25, 0.3) is 0 Å². The highest BCUT2D eigenvalue weighted by atomic mass is 16.3. The second-order valence-corrected chi connectivity index (χ2v) is 2.45. The van der Waals surface area contributed by atoms with E-state index in [1.807, 2.05) is 13.8 Å². The molecule has 1 rings (SSSR count). The van der Waals surface area contributed by atoms with E-state index in [-0.39, 0.29) is 18.6 Å². The fourth-order valence-electron chi connectivity index (χ4n) is 1.01. The Morgan fingerprint density at radius 1 is 1.67 bits per heavy atom. The summed E-state index contributed by atoms with van der Waals surface area (Å²) < 4.78 is 0. The topological polar surface area (TPSA) is 52.6 Å². The van der Waals surface area contributed by atoms with Gasteiger partial charge in [-0.3, -0.25) is 4.79 Å². The first-order valence-electron chi connectivity index (χ1n) is 4.35. The Labute approximate surface area is 73.6 Å². The Kier molecular flexibility index (Phi) is 5.66. The first-order chi connectivity index (χ1) is 5.75. The summed E-state index contributed by atoms with van der Waals surface area (Å²) in [6.07, 6.45) is 0. The van der Waals surface area contributed by atoms with Crippen LogP contribution in [0.1, 0.15) is 13.8 Å². The predicted octanol–water partition coefficient (Wildman–Crippen LogP) is -0.565. The summed E-state index contributed by atoms with van der Waals surface area (Å²) >= 11 is 0. The zero-order valence-electron chi connectivity index (χ0n) is 8.00. The fraction of sp³-hybridized carbons (Fsp3) is 0.875. The smallest absolute Gasteiger partial charge is 0.241 e. The molecule has 0 bridgehead atoms. The minimum absolute atomic E-state index is 0.0197. The normalized spacial score (nSPS) is 23.2. The molecule has 1 fully saturated rings. The molecule has 12 heavy (non-hydrogen) atoms. The molecule has 0 aliphatic carbocycles. The molecule has 4 heteroatoms. The first-order valence-corrected chi connectivity index (χ1v) is 4.35. The third kappa shape index (κ3) is 2.79. The van der Waals surface area contributed by atoms with Gasteiger partial charge in [0, 0.05) is 20.1 Å². The van der Waals surface area contributed by atoms with Crippen LogP contribution >= 0.6 is 0 Å². The lowest BCUT2D eigenvalue weighted by Gasteiger charge is -2.28. The van der Waals surface area contributed by atoms with Gasteiger partial charge in [0.2, 0.25) is 5.91 Å². The Balaban J connectivity index is 0.000000561. The Hall–Kier alpha value is -0.610. The van der Waals surface area contributed by atoms with Crippen LogP contribution < -0.4 is 5.32 Å². The van der Waals surface area contributed by atoms with Crippen molar-refractivity contribution in [3.63, 3.8) is 0 Å². The van der Waals surface area contributed by atoms with E-state index < -0.39 is 0 Å². The summed E-state index contributed by atoms with van der Waals surface area (Å²) in [6, 6.07) is -0.376. The number of hydrogen-bond donors (Lipinski definition) is 2. The number of likely N-dealkylation sites (N-methyl/N-ethyl adjacent to an activating group) is 1. The molecule has 0 radical (unpaired) electrons. The van der Waals surface area contributed by atoms with Crippen molar-refractivity contribution in [2.24, 2.45) is 0 Å². The Morgan fingerprint density at radius 3 is 2.67 bits per heavy atom. The molecule has 1 unspecified atom stereocenters. The van der Waals surface area contributed by atoms with Gasteiger partial charge in [-0.1, -0.05) is 13.8 Å². The molecule has 0 aromatic heterocycles. The molecule has 4 nitrogen and oxygen atoms in total.